The molecule has 0 amide bonds. The molecule has 112 valence electrons. The zero-order valence-corrected chi connectivity index (χ0v) is 13.0. The third-order valence-corrected chi connectivity index (χ3v) is 4.22. The first-order valence-corrected chi connectivity index (χ1v) is 7.31. The topological polar surface area (TPSA) is 33.7 Å². The van der Waals surface area contributed by atoms with Gasteiger partial charge in [0.2, 0.25) is 0 Å². The van der Waals surface area contributed by atoms with Gasteiger partial charge in [0.05, 0.1) is 14.2 Å². The number of nitrogens with zero attached hydrogens (tertiary/aromatic N) is 1. The summed E-state index contributed by atoms with van der Waals surface area (Å²) in [4.78, 5) is 2.39. The molecular weight excluding hydrogens is 252 g/mol. The first kappa shape index (κ1) is 15.1. The number of ether oxygens (including phenoxy) is 2. The van der Waals surface area contributed by atoms with Crippen molar-refractivity contribution in [2.75, 3.05) is 34.4 Å². The van der Waals surface area contributed by atoms with Crippen LogP contribution in [0.25, 0.3) is 0 Å². The molecule has 1 aromatic carbocycles. The van der Waals surface area contributed by atoms with Gasteiger partial charge in [-0.2, -0.15) is 0 Å². The fourth-order valence-corrected chi connectivity index (χ4v) is 2.79. The zero-order valence-electron chi connectivity index (χ0n) is 13.0. The predicted molar refractivity (Wildman–Crippen MR) is 81.6 cm³/mol. The lowest BCUT2D eigenvalue weighted by Gasteiger charge is -2.28. The van der Waals surface area contributed by atoms with E-state index in [0.29, 0.717) is 12.1 Å². The van der Waals surface area contributed by atoms with Crippen molar-refractivity contribution in [3.8, 4) is 11.5 Å². The second kappa shape index (κ2) is 6.95. The highest BCUT2D eigenvalue weighted by atomic mass is 16.5. The van der Waals surface area contributed by atoms with Crippen LogP contribution in [0.4, 0.5) is 0 Å². The van der Waals surface area contributed by atoms with E-state index in [-0.39, 0.29) is 0 Å². The van der Waals surface area contributed by atoms with Crippen LogP contribution in [0.5, 0.6) is 11.5 Å². The van der Waals surface area contributed by atoms with Crippen molar-refractivity contribution in [1.82, 2.24) is 10.2 Å². The molecule has 1 aromatic rings. The first-order valence-electron chi connectivity index (χ1n) is 7.31. The SMILES string of the molecule is COc1ccc(C(C)N(C)CC2CCCN2)cc1OC. The van der Waals surface area contributed by atoms with Crippen molar-refractivity contribution in [2.24, 2.45) is 0 Å². The Balaban J connectivity index is 2.05. The molecule has 0 aliphatic carbocycles. The van der Waals surface area contributed by atoms with Crippen LogP contribution in [0.2, 0.25) is 0 Å². The highest BCUT2D eigenvalue weighted by Crippen LogP contribution is 2.31. The summed E-state index contributed by atoms with van der Waals surface area (Å²) >= 11 is 0. The number of rotatable bonds is 6. The van der Waals surface area contributed by atoms with Crippen molar-refractivity contribution in [2.45, 2.75) is 31.8 Å². The Morgan fingerprint density at radius 3 is 2.65 bits per heavy atom. The molecule has 0 aromatic heterocycles. The second-order valence-corrected chi connectivity index (χ2v) is 5.52. The second-order valence-electron chi connectivity index (χ2n) is 5.52. The number of methoxy groups -OCH3 is 2. The van der Waals surface area contributed by atoms with Gasteiger partial charge in [0.25, 0.3) is 0 Å². The van der Waals surface area contributed by atoms with Gasteiger partial charge in [-0.15, -0.1) is 0 Å². The molecule has 2 rings (SSSR count). The van der Waals surface area contributed by atoms with Gasteiger partial charge >= 0.3 is 0 Å². The molecule has 4 heteroatoms. The summed E-state index contributed by atoms with van der Waals surface area (Å²) in [5, 5.41) is 3.55. The average Bonchev–Trinajstić information content (AvgIpc) is 2.98. The third kappa shape index (κ3) is 3.44. The molecule has 1 heterocycles. The maximum Gasteiger partial charge on any atom is 0.161 e. The molecule has 1 aliphatic heterocycles. The minimum atomic E-state index is 0.359. The zero-order chi connectivity index (χ0) is 14.5. The van der Waals surface area contributed by atoms with Crippen LogP contribution in [-0.2, 0) is 0 Å². The van der Waals surface area contributed by atoms with Crippen LogP contribution in [0.1, 0.15) is 31.4 Å². The smallest absolute Gasteiger partial charge is 0.161 e. The molecule has 1 N–H and O–H groups in total. The number of likely N-dealkylation sites (N-methyl/N-ethyl adjacent to an activating group) is 1. The maximum absolute atomic E-state index is 5.38. The Hall–Kier alpha value is -1.26. The fraction of sp³-hybridized carbons (Fsp3) is 0.625. The molecule has 2 atom stereocenters. The Kier molecular flexibility index (Phi) is 5.26. The van der Waals surface area contributed by atoms with Crippen LogP contribution < -0.4 is 14.8 Å². The van der Waals surface area contributed by atoms with E-state index in [1.165, 1.54) is 18.4 Å². The quantitative estimate of drug-likeness (QED) is 0.866. The van der Waals surface area contributed by atoms with Gasteiger partial charge in [-0.05, 0) is 51.1 Å². The molecular formula is C16H26N2O2. The number of hydrogen-bond acceptors (Lipinski definition) is 4. The molecule has 4 nitrogen and oxygen atoms in total. The van der Waals surface area contributed by atoms with Crippen LogP contribution >= 0.6 is 0 Å². The lowest BCUT2D eigenvalue weighted by molar-refractivity contribution is 0.237. The Morgan fingerprint density at radius 1 is 1.30 bits per heavy atom. The molecule has 20 heavy (non-hydrogen) atoms. The first-order chi connectivity index (χ1) is 9.65. The number of hydrogen-bond donors (Lipinski definition) is 1. The van der Waals surface area contributed by atoms with E-state index in [2.05, 4.69) is 36.3 Å². The lowest BCUT2D eigenvalue weighted by atomic mass is 10.1. The summed E-state index contributed by atoms with van der Waals surface area (Å²) in [5.41, 5.74) is 1.25. The summed E-state index contributed by atoms with van der Waals surface area (Å²) in [7, 11) is 5.53. The maximum atomic E-state index is 5.38. The molecule has 2 unspecified atom stereocenters. The van der Waals surface area contributed by atoms with E-state index in [1.54, 1.807) is 14.2 Å². The van der Waals surface area contributed by atoms with E-state index >= 15 is 0 Å². The average molecular weight is 278 g/mol. The van der Waals surface area contributed by atoms with Gasteiger partial charge in [-0.25, -0.2) is 0 Å². The summed E-state index contributed by atoms with van der Waals surface area (Å²) in [6.07, 6.45) is 2.58. The van der Waals surface area contributed by atoms with Gasteiger partial charge < -0.3 is 14.8 Å². The molecule has 0 spiro atoms. The van der Waals surface area contributed by atoms with Crippen molar-refractivity contribution in [3.63, 3.8) is 0 Å². The van der Waals surface area contributed by atoms with Gasteiger partial charge in [0, 0.05) is 18.6 Å². The highest BCUT2D eigenvalue weighted by molar-refractivity contribution is 5.43. The minimum absolute atomic E-state index is 0.359. The van der Waals surface area contributed by atoms with E-state index in [9.17, 15) is 0 Å². The Bertz CT molecular complexity index is 430. The Morgan fingerprint density at radius 2 is 2.05 bits per heavy atom. The van der Waals surface area contributed by atoms with Crippen LogP contribution in [0, 0.1) is 0 Å². The van der Waals surface area contributed by atoms with Gasteiger partial charge in [0.1, 0.15) is 0 Å². The van der Waals surface area contributed by atoms with Crippen molar-refractivity contribution < 1.29 is 9.47 Å². The van der Waals surface area contributed by atoms with E-state index in [1.807, 2.05) is 6.07 Å². The Labute approximate surface area is 122 Å². The third-order valence-electron chi connectivity index (χ3n) is 4.22. The molecule has 0 bridgehead atoms. The number of nitrogens with one attached hydrogen (secondary N) is 1. The van der Waals surface area contributed by atoms with Gasteiger partial charge in [-0.1, -0.05) is 6.07 Å². The molecule has 1 aliphatic rings. The van der Waals surface area contributed by atoms with E-state index in [4.69, 9.17) is 9.47 Å². The molecule has 1 saturated heterocycles. The summed E-state index contributed by atoms with van der Waals surface area (Å²) in [5.74, 6) is 1.58. The standard InChI is InChI=1S/C16H26N2O2/c1-12(18(2)11-14-6-5-9-17-14)13-7-8-15(19-3)16(10-13)20-4/h7-8,10,12,14,17H,5-6,9,11H2,1-4H3. The highest BCUT2D eigenvalue weighted by Gasteiger charge is 2.20. The van der Waals surface area contributed by atoms with Crippen molar-refractivity contribution in [1.29, 1.82) is 0 Å². The summed E-state index contributed by atoms with van der Waals surface area (Å²) < 4.78 is 10.7. The monoisotopic (exact) mass is 278 g/mol. The van der Waals surface area contributed by atoms with Gasteiger partial charge in [-0.3, -0.25) is 4.90 Å². The lowest BCUT2D eigenvalue weighted by Crippen LogP contribution is -2.36. The molecule has 0 saturated carbocycles. The normalized spacial score (nSPS) is 20.1. The van der Waals surface area contributed by atoms with Crippen LogP contribution in [0.3, 0.4) is 0 Å². The fourth-order valence-electron chi connectivity index (χ4n) is 2.79. The van der Waals surface area contributed by atoms with Crippen LogP contribution in [0.15, 0.2) is 18.2 Å². The molecule has 1 fully saturated rings. The minimum Gasteiger partial charge on any atom is -0.493 e. The van der Waals surface area contributed by atoms with E-state index < -0.39 is 0 Å². The largest absolute Gasteiger partial charge is 0.493 e. The van der Waals surface area contributed by atoms with E-state index in [0.717, 1.165) is 24.6 Å². The number of benzene rings is 1. The van der Waals surface area contributed by atoms with Gasteiger partial charge in [0.15, 0.2) is 11.5 Å². The predicted octanol–water partition coefficient (Wildman–Crippen LogP) is 2.45. The van der Waals surface area contributed by atoms with Crippen molar-refractivity contribution in [3.05, 3.63) is 23.8 Å². The molecule has 0 radical (unpaired) electrons. The van der Waals surface area contributed by atoms with Crippen LogP contribution in [-0.4, -0.2) is 45.3 Å². The summed E-state index contributed by atoms with van der Waals surface area (Å²) in [6, 6.07) is 7.15. The summed E-state index contributed by atoms with van der Waals surface area (Å²) in [6.45, 7) is 4.47. The van der Waals surface area contributed by atoms with Crippen molar-refractivity contribution >= 4 is 0 Å².